The number of hydrogen-bond donors (Lipinski definition) is 2. The molecular weight excluding hydrogens is 260 g/mol. The second-order valence-electron chi connectivity index (χ2n) is 4.03. The molecule has 1 aromatic carbocycles. The van der Waals surface area contributed by atoms with Crippen molar-refractivity contribution in [2.24, 2.45) is 0 Å². The second-order valence-corrected chi connectivity index (χ2v) is 4.03. The summed E-state index contributed by atoms with van der Waals surface area (Å²) in [5.74, 6) is -0.695. The van der Waals surface area contributed by atoms with Gasteiger partial charge in [0.1, 0.15) is 0 Å². The van der Waals surface area contributed by atoms with E-state index in [-0.39, 0.29) is 24.0 Å². The van der Waals surface area contributed by atoms with Crippen molar-refractivity contribution in [1.29, 1.82) is 0 Å². The average Bonchev–Trinajstić information content (AvgIpc) is 2.94. The second kappa shape index (κ2) is 6.46. The molecule has 2 aromatic rings. The first kappa shape index (κ1) is 13.7. The Balaban J connectivity index is 1.85. The fourth-order valence-electron chi connectivity index (χ4n) is 1.53. The van der Waals surface area contributed by atoms with Gasteiger partial charge in [0.25, 0.3) is 0 Å². The van der Waals surface area contributed by atoms with E-state index in [0.717, 1.165) is 5.56 Å². The molecule has 2 amide bonds. The molecule has 0 aliphatic carbocycles. The molecule has 1 heterocycles. The third-order valence-corrected chi connectivity index (χ3v) is 2.54. The van der Waals surface area contributed by atoms with Crippen LogP contribution in [0.4, 0.5) is 0 Å². The maximum Gasteiger partial charge on any atom is 0.315 e. The van der Waals surface area contributed by atoms with Gasteiger partial charge in [0.15, 0.2) is 5.82 Å². The number of nitrogens with one attached hydrogen (secondary N) is 2. The monoisotopic (exact) mass is 274 g/mol. The van der Waals surface area contributed by atoms with Crippen molar-refractivity contribution < 1.29 is 14.1 Å². The smallest absolute Gasteiger partial charge is 0.315 e. The number of benzene rings is 1. The van der Waals surface area contributed by atoms with Crippen LogP contribution in [0.2, 0.25) is 0 Å². The summed E-state index contributed by atoms with van der Waals surface area (Å²) in [5, 5.41) is 8.67. The zero-order chi connectivity index (χ0) is 14.4. The molecule has 0 atom stereocenters. The fraction of sp³-hybridized carbons (Fsp3) is 0.231. The topological polar surface area (TPSA) is 97.1 Å². The molecule has 104 valence electrons. The summed E-state index contributed by atoms with van der Waals surface area (Å²) in [6, 6.07) is 9.54. The van der Waals surface area contributed by atoms with E-state index in [4.69, 9.17) is 4.52 Å². The van der Waals surface area contributed by atoms with Crippen molar-refractivity contribution in [3.8, 4) is 0 Å². The Hall–Kier alpha value is -2.70. The summed E-state index contributed by atoms with van der Waals surface area (Å²) in [5.41, 5.74) is 1.00. The molecule has 7 nitrogen and oxygen atoms in total. The lowest BCUT2D eigenvalue weighted by atomic mass is 10.2. The average molecular weight is 274 g/mol. The Kier molecular flexibility index (Phi) is 4.43. The Morgan fingerprint density at radius 1 is 1.25 bits per heavy atom. The van der Waals surface area contributed by atoms with Crippen LogP contribution in [0.5, 0.6) is 0 Å². The van der Waals surface area contributed by atoms with Crippen molar-refractivity contribution >= 4 is 11.8 Å². The Morgan fingerprint density at radius 3 is 2.70 bits per heavy atom. The van der Waals surface area contributed by atoms with Gasteiger partial charge in [-0.15, -0.1) is 0 Å². The number of carbonyl (C=O) groups excluding carboxylic acids is 2. The molecule has 0 saturated heterocycles. The molecule has 2 rings (SSSR count). The molecule has 0 aliphatic heterocycles. The number of carbonyl (C=O) groups is 2. The van der Waals surface area contributed by atoms with Crippen molar-refractivity contribution in [3.63, 3.8) is 0 Å². The van der Waals surface area contributed by atoms with Crippen molar-refractivity contribution in [3.05, 3.63) is 47.6 Å². The summed E-state index contributed by atoms with van der Waals surface area (Å²) in [4.78, 5) is 26.7. The molecule has 20 heavy (non-hydrogen) atoms. The molecular formula is C13H14N4O3. The van der Waals surface area contributed by atoms with Gasteiger partial charge in [-0.25, -0.2) is 0 Å². The summed E-state index contributed by atoms with van der Waals surface area (Å²) in [7, 11) is 1.46. The lowest BCUT2D eigenvalue weighted by molar-refractivity contribution is -0.120. The van der Waals surface area contributed by atoms with E-state index in [0.29, 0.717) is 6.54 Å². The van der Waals surface area contributed by atoms with Crippen LogP contribution in [0.15, 0.2) is 34.9 Å². The highest BCUT2D eigenvalue weighted by Crippen LogP contribution is 2.00. The van der Waals surface area contributed by atoms with Gasteiger partial charge in [0.05, 0.1) is 6.42 Å². The van der Waals surface area contributed by atoms with Crippen molar-refractivity contribution in [2.45, 2.75) is 13.0 Å². The standard InChI is InChI=1S/C13H14N4O3/c1-14-12(19)13-16-10(17-20-13)7-11(18)15-8-9-5-3-2-4-6-9/h2-6H,7-8H2,1H3,(H,14,19)(H,15,18). The van der Waals surface area contributed by atoms with Gasteiger partial charge in [-0.05, 0) is 5.56 Å². The molecule has 0 fully saturated rings. The number of nitrogens with zero attached hydrogens (tertiary/aromatic N) is 2. The highest BCUT2D eigenvalue weighted by atomic mass is 16.5. The number of amides is 2. The normalized spacial score (nSPS) is 10.1. The van der Waals surface area contributed by atoms with E-state index < -0.39 is 5.91 Å². The highest BCUT2D eigenvalue weighted by Gasteiger charge is 2.15. The predicted molar refractivity (Wildman–Crippen MR) is 69.7 cm³/mol. The van der Waals surface area contributed by atoms with Crippen LogP contribution < -0.4 is 10.6 Å². The SMILES string of the molecule is CNC(=O)c1nc(CC(=O)NCc2ccccc2)no1. The number of hydrogen-bond acceptors (Lipinski definition) is 5. The number of aromatic nitrogens is 2. The maximum absolute atomic E-state index is 11.7. The fourth-order valence-corrected chi connectivity index (χ4v) is 1.53. The summed E-state index contributed by atoms with van der Waals surface area (Å²) in [6.07, 6.45) is -0.0344. The first-order valence-corrected chi connectivity index (χ1v) is 6.04. The number of rotatable bonds is 5. The minimum atomic E-state index is -0.478. The van der Waals surface area contributed by atoms with Gasteiger partial charge in [0.2, 0.25) is 5.91 Å². The van der Waals surface area contributed by atoms with Gasteiger partial charge in [-0.2, -0.15) is 4.98 Å². The van der Waals surface area contributed by atoms with E-state index in [2.05, 4.69) is 20.8 Å². The Labute approximate surface area is 115 Å². The van der Waals surface area contributed by atoms with Crippen molar-refractivity contribution in [1.82, 2.24) is 20.8 Å². The quantitative estimate of drug-likeness (QED) is 0.816. The first-order valence-electron chi connectivity index (χ1n) is 6.04. The lowest BCUT2D eigenvalue weighted by Gasteiger charge is -2.03. The Bertz CT molecular complexity index is 595. The van der Waals surface area contributed by atoms with E-state index in [1.807, 2.05) is 30.3 Å². The van der Waals surface area contributed by atoms with Gasteiger partial charge < -0.3 is 15.2 Å². The summed E-state index contributed by atoms with van der Waals surface area (Å²) >= 11 is 0. The largest absolute Gasteiger partial charge is 0.352 e. The molecule has 0 radical (unpaired) electrons. The first-order chi connectivity index (χ1) is 9.69. The van der Waals surface area contributed by atoms with Crippen LogP contribution in [0.25, 0.3) is 0 Å². The zero-order valence-electron chi connectivity index (χ0n) is 10.9. The van der Waals surface area contributed by atoms with E-state index >= 15 is 0 Å². The zero-order valence-corrected chi connectivity index (χ0v) is 10.9. The van der Waals surface area contributed by atoms with E-state index in [1.54, 1.807) is 0 Å². The third kappa shape index (κ3) is 3.64. The van der Waals surface area contributed by atoms with Gasteiger partial charge in [-0.3, -0.25) is 9.59 Å². The lowest BCUT2D eigenvalue weighted by Crippen LogP contribution is -2.25. The molecule has 0 unspecified atom stereocenters. The van der Waals surface area contributed by atoms with Crippen molar-refractivity contribution in [2.75, 3.05) is 7.05 Å². The summed E-state index contributed by atoms with van der Waals surface area (Å²) in [6.45, 7) is 0.430. The summed E-state index contributed by atoms with van der Waals surface area (Å²) < 4.78 is 4.73. The van der Waals surface area contributed by atoms with E-state index in [1.165, 1.54) is 7.05 Å². The van der Waals surface area contributed by atoms with Crippen LogP contribution in [-0.4, -0.2) is 29.0 Å². The highest BCUT2D eigenvalue weighted by molar-refractivity contribution is 5.89. The minimum absolute atomic E-state index is 0.0344. The van der Waals surface area contributed by atoms with Crippen LogP contribution >= 0.6 is 0 Å². The predicted octanol–water partition coefficient (Wildman–Crippen LogP) is 0.288. The molecule has 2 N–H and O–H groups in total. The maximum atomic E-state index is 11.7. The van der Waals surface area contributed by atoms with Crippen LogP contribution in [-0.2, 0) is 17.8 Å². The molecule has 0 spiro atoms. The molecule has 7 heteroatoms. The molecule has 0 bridgehead atoms. The van der Waals surface area contributed by atoms with Gasteiger partial charge >= 0.3 is 11.8 Å². The van der Waals surface area contributed by atoms with Gasteiger partial charge in [0, 0.05) is 13.6 Å². The van der Waals surface area contributed by atoms with Crippen LogP contribution in [0.1, 0.15) is 22.1 Å². The molecule has 0 aliphatic rings. The molecule has 1 aromatic heterocycles. The third-order valence-electron chi connectivity index (χ3n) is 2.54. The van der Waals surface area contributed by atoms with Crippen LogP contribution in [0.3, 0.4) is 0 Å². The minimum Gasteiger partial charge on any atom is -0.352 e. The Morgan fingerprint density at radius 2 is 2.00 bits per heavy atom. The van der Waals surface area contributed by atoms with Gasteiger partial charge in [-0.1, -0.05) is 35.5 Å². The van der Waals surface area contributed by atoms with Crippen LogP contribution in [0, 0.1) is 0 Å². The van der Waals surface area contributed by atoms with E-state index in [9.17, 15) is 9.59 Å². The molecule has 0 saturated carbocycles.